The summed E-state index contributed by atoms with van der Waals surface area (Å²) in [7, 11) is 0. The molecule has 1 heterocycles. The minimum Gasteiger partial charge on any atom is -0.389 e. The van der Waals surface area contributed by atoms with Gasteiger partial charge in [0.1, 0.15) is 5.82 Å². The van der Waals surface area contributed by atoms with E-state index in [-0.39, 0.29) is 0 Å². The Hall–Kier alpha value is -1.09. The van der Waals surface area contributed by atoms with Crippen molar-refractivity contribution >= 4 is 5.82 Å². The van der Waals surface area contributed by atoms with Crippen LogP contribution in [0.5, 0.6) is 0 Å². The highest BCUT2D eigenvalue weighted by molar-refractivity contribution is 5.42. The predicted octanol–water partition coefficient (Wildman–Crippen LogP) is 2.51. The molecule has 2 aliphatic carbocycles. The molecule has 3 heteroatoms. The highest BCUT2D eigenvalue weighted by Gasteiger charge is 2.34. The summed E-state index contributed by atoms with van der Waals surface area (Å²) in [6, 6.07) is 4.78. The molecule has 1 atom stereocenters. The van der Waals surface area contributed by atoms with E-state index in [1.807, 2.05) is 12.3 Å². The van der Waals surface area contributed by atoms with Crippen LogP contribution < -0.4 is 4.90 Å². The Kier molecular flexibility index (Phi) is 2.79. The molecule has 0 aromatic carbocycles. The molecule has 92 valence electrons. The van der Waals surface area contributed by atoms with Crippen molar-refractivity contribution in [1.29, 1.82) is 0 Å². The standard InChI is InChI=1S/C14H20N2O/c1-10(17)12-4-7-14(15-8-12)16(13-5-6-13)9-11-2-3-11/h4,7-8,10-11,13,17H,2-3,5-6,9H2,1H3. The Labute approximate surface area is 102 Å². The summed E-state index contributed by atoms with van der Waals surface area (Å²) in [4.78, 5) is 6.97. The fourth-order valence-corrected chi connectivity index (χ4v) is 2.21. The second-order valence-electron chi connectivity index (χ2n) is 5.45. The van der Waals surface area contributed by atoms with Crippen LogP contribution >= 0.6 is 0 Å². The normalized spacial score (nSPS) is 21.3. The molecular formula is C14H20N2O. The van der Waals surface area contributed by atoms with Crippen molar-refractivity contribution in [2.75, 3.05) is 11.4 Å². The van der Waals surface area contributed by atoms with E-state index in [0.717, 1.165) is 23.3 Å². The number of aromatic nitrogens is 1. The molecule has 1 N–H and O–H groups in total. The lowest BCUT2D eigenvalue weighted by molar-refractivity contribution is 0.199. The summed E-state index contributed by atoms with van der Waals surface area (Å²) in [6.45, 7) is 2.95. The van der Waals surface area contributed by atoms with Gasteiger partial charge in [-0.25, -0.2) is 4.98 Å². The molecule has 0 saturated heterocycles. The first-order chi connectivity index (χ1) is 8.24. The SMILES string of the molecule is CC(O)c1ccc(N(CC2CC2)C2CC2)nc1. The highest BCUT2D eigenvalue weighted by atomic mass is 16.3. The largest absolute Gasteiger partial charge is 0.389 e. The van der Waals surface area contributed by atoms with E-state index in [1.165, 1.54) is 32.2 Å². The zero-order chi connectivity index (χ0) is 11.8. The van der Waals surface area contributed by atoms with E-state index in [0.29, 0.717) is 0 Å². The molecule has 0 amide bonds. The van der Waals surface area contributed by atoms with Gasteiger partial charge in [0.15, 0.2) is 0 Å². The third-order valence-electron chi connectivity index (χ3n) is 3.69. The van der Waals surface area contributed by atoms with Crippen LogP contribution in [0.4, 0.5) is 5.82 Å². The molecule has 2 saturated carbocycles. The van der Waals surface area contributed by atoms with Crippen molar-refractivity contribution in [1.82, 2.24) is 4.98 Å². The number of aliphatic hydroxyl groups excluding tert-OH is 1. The van der Waals surface area contributed by atoms with Crippen molar-refractivity contribution in [2.45, 2.75) is 44.8 Å². The fourth-order valence-electron chi connectivity index (χ4n) is 2.21. The monoisotopic (exact) mass is 232 g/mol. The van der Waals surface area contributed by atoms with Gasteiger partial charge < -0.3 is 10.0 Å². The number of rotatable bonds is 5. The second kappa shape index (κ2) is 4.30. The minimum absolute atomic E-state index is 0.422. The van der Waals surface area contributed by atoms with Crippen LogP contribution in [0.3, 0.4) is 0 Å². The lowest BCUT2D eigenvalue weighted by atomic mass is 10.2. The van der Waals surface area contributed by atoms with Gasteiger partial charge in [0, 0.05) is 18.8 Å². The zero-order valence-corrected chi connectivity index (χ0v) is 10.3. The Morgan fingerprint density at radius 2 is 2.12 bits per heavy atom. The van der Waals surface area contributed by atoms with Crippen LogP contribution in [-0.4, -0.2) is 22.7 Å². The minimum atomic E-state index is -0.422. The van der Waals surface area contributed by atoms with Gasteiger partial charge in [0.2, 0.25) is 0 Å². The summed E-state index contributed by atoms with van der Waals surface area (Å²) >= 11 is 0. The quantitative estimate of drug-likeness (QED) is 0.847. The number of nitrogens with zero attached hydrogens (tertiary/aromatic N) is 2. The molecular weight excluding hydrogens is 212 g/mol. The summed E-state index contributed by atoms with van der Waals surface area (Å²) in [5.74, 6) is 1.98. The molecule has 0 spiro atoms. The van der Waals surface area contributed by atoms with Crippen LogP contribution in [-0.2, 0) is 0 Å². The molecule has 3 nitrogen and oxygen atoms in total. The molecule has 1 aromatic heterocycles. The second-order valence-corrected chi connectivity index (χ2v) is 5.45. The number of anilines is 1. The Morgan fingerprint density at radius 3 is 2.59 bits per heavy atom. The van der Waals surface area contributed by atoms with Crippen LogP contribution in [0.1, 0.15) is 44.3 Å². The maximum absolute atomic E-state index is 9.48. The van der Waals surface area contributed by atoms with E-state index >= 15 is 0 Å². The summed E-state index contributed by atoms with van der Waals surface area (Å²) < 4.78 is 0. The first kappa shape index (κ1) is 11.0. The molecule has 1 unspecified atom stereocenters. The van der Waals surface area contributed by atoms with E-state index < -0.39 is 6.10 Å². The smallest absolute Gasteiger partial charge is 0.128 e. The number of pyridine rings is 1. The van der Waals surface area contributed by atoms with Gasteiger partial charge in [-0.15, -0.1) is 0 Å². The van der Waals surface area contributed by atoms with Gasteiger partial charge in [-0.1, -0.05) is 6.07 Å². The Bertz CT molecular complexity index is 380. The average Bonchev–Trinajstić information content (AvgIpc) is 3.18. The van der Waals surface area contributed by atoms with Gasteiger partial charge in [-0.05, 0) is 50.2 Å². The van der Waals surface area contributed by atoms with E-state index in [1.54, 1.807) is 6.92 Å². The Morgan fingerprint density at radius 1 is 1.35 bits per heavy atom. The molecule has 0 radical (unpaired) electrons. The van der Waals surface area contributed by atoms with Crippen molar-refractivity contribution in [3.8, 4) is 0 Å². The molecule has 0 bridgehead atoms. The maximum Gasteiger partial charge on any atom is 0.128 e. The van der Waals surface area contributed by atoms with Crippen molar-refractivity contribution < 1.29 is 5.11 Å². The fraction of sp³-hybridized carbons (Fsp3) is 0.643. The first-order valence-corrected chi connectivity index (χ1v) is 6.64. The number of hydrogen-bond acceptors (Lipinski definition) is 3. The molecule has 2 fully saturated rings. The lowest BCUT2D eigenvalue weighted by Gasteiger charge is -2.23. The number of aliphatic hydroxyl groups is 1. The van der Waals surface area contributed by atoms with Gasteiger partial charge in [0.05, 0.1) is 6.10 Å². The molecule has 0 aliphatic heterocycles. The number of hydrogen-bond donors (Lipinski definition) is 1. The van der Waals surface area contributed by atoms with E-state index in [2.05, 4.69) is 16.0 Å². The maximum atomic E-state index is 9.48. The predicted molar refractivity (Wildman–Crippen MR) is 68.0 cm³/mol. The molecule has 17 heavy (non-hydrogen) atoms. The van der Waals surface area contributed by atoms with Crippen LogP contribution in [0.2, 0.25) is 0 Å². The molecule has 2 aliphatic rings. The van der Waals surface area contributed by atoms with Gasteiger partial charge in [0.25, 0.3) is 0 Å². The van der Waals surface area contributed by atoms with Crippen LogP contribution in [0, 0.1) is 5.92 Å². The summed E-state index contributed by atoms with van der Waals surface area (Å²) in [5.41, 5.74) is 0.899. The average molecular weight is 232 g/mol. The lowest BCUT2D eigenvalue weighted by Crippen LogP contribution is -2.28. The highest BCUT2D eigenvalue weighted by Crippen LogP contribution is 2.37. The van der Waals surface area contributed by atoms with Crippen LogP contribution in [0.15, 0.2) is 18.3 Å². The molecule has 1 aromatic rings. The van der Waals surface area contributed by atoms with E-state index in [9.17, 15) is 5.11 Å². The van der Waals surface area contributed by atoms with Crippen molar-refractivity contribution in [3.05, 3.63) is 23.9 Å². The zero-order valence-electron chi connectivity index (χ0n) is 10.3. The topological polar surface area (TPSA) is 36.4 Å². The third-order valence-corrected chi connectivity index (χ3v) is 3.69. The van der Waals surface area contributed by atoms with Crippen LogP contribution in [0.25, 0.3) is 0 Å². The summed E-state index contributed by atoms with van der Waals surface area (Å²) in [5, 5.41) is 9.48. The van der Waals surface area contributed by atoms with E-state index in [4.69, 9.17) is 0 Å². The van der Waals surface area contributed by atoms with Gasteiger partial charge in [-0.2, -0.15) is 0 Å². The van der Waals surface area contributed by atoms with Gasteiger partial charge >= 0.3 is 0 Å². The summed E-state index contributed by atoms with van der Waals surface area (Å²) in [6.07, 6.45) is 6.78. The first-order valence-electron chi connectivity index (χ1n) is 6.64. The van der Waals surface area contributed by atoms with Crippen molar-refractivity contribution in [2.24, 2.45) is 5.92 Å². The Balaban J connectivity index is 1.75. The van der Waals surface area contributed by atoms with Crippen molar-refractivity contribution in [3.63, 3.8) is 0 Å². The molecule has 3 rings (SSSR count). The van der Waals surface area contributed by atoms with Gasteiger partial charge in [-0.3, -0.25) is 0 Å². The third kappa shape index (κ3) is 2.60.